The number of fused-ring (bicyclic) bond motifs is 10. The fourth-order valence-corrected chi connectivity index (χ4v) is 15.6. The Bertz CT molecular complexity index is 5100. The number of ether oxygens (including phenoxy) is 2. The number of rotatable bonds is 10. The highest BCUT2D eigenvalue weighted by molar-refractivity contribution is 7.02. The van der Waals surface area contributed by atoms with Gasteiger partial charge in [0.2, 0.25) is 0 Å². The molecule has 15 aromatic carbocycles. The van der Waals surface area contributed by atoms with Crippen molar-refractivity contribution in [3.63, 3.8) is 0 Å². The molecule has 438 valence electrons. The zero-order chi connectivity index (χ0) is 61.8. The highest BCUT2D eigenvalue weighted by Crippen LogP contribution is 2.54. The first kappa shape index (κ1) is 53.6. The van der Waals surface area contributed by atoms with E-state index in [-0.39, 0.29) is 13.4 Å². The maximum absolute atomic E-state index is 8.17. The van der Waals surface area contributed by atoms with Gasteiger partial charge in [-0.3, -0.25) is 0 Å². The molecule has 0 unspecified atom stereocenters. The van der Waals surface area contributed by atoms with Gasteiger partial charge in [-0.15, -0.1) is 0 Å². The van der Waals surface area contributed by atoms with Crippen molar-refractivity contribution in [2.24, 2.45) is 0 Å². The standard InChI is InChI=1S/C86H56B2N4O2/c1-7-31-59(32-8-1)89(60-33-9-2-10-34-60)65-52-77-83-79(54-65)93-85-73(87(83)71-47-25-27-49-75(71)91(77)63-39-15-5-16-40-63)56-74-86(82(85)70-46-24-23-45-69(70)81-67-43-21-19-29-57(67)51-58-30-20-22-44-68(58)81)94-80-55-66(90(61-35-11-3-12-36-61)62-37-13-4-14-38-62)53-78-84(80)88(74)72-48-26-28-50-76(72)92(78)64-41-17-6-18-42-64/h1-56H. The monoisotopic (exact) mass is 1200 g/mol. The van der Waals surface area contributed by atoms with Gasteiger partial charge in [-0.2, -0.15) is 0 Å². The van der Waals surface area contributed by atoms with E-state index >= 15 is 0 Å². The first-order valence-corrected chi connectivity index (χ1v) is 32.3. The average Bonchev–Trinajstić information content (AvgIpc) is 0.689. The van der Waals surface area contributed by atoms with E-state index in [1.165, 1.54) is 32.5 Å². The van der Waals surface area contributed by atoms with Crippen LogP contribution in [-0.4, -0.2) is 13.4 Å². The third kappa shape index (κ3) is 8.39. The van der Waals surface area contributed by atoms with Gasteiger partial charge in [0.15, 0.2) is 0 Å². The van der Waals surface area contributed by atoms with E-state index in [9.17, 15) is 0 Å². The molecular formula is C86H56B2N4O2. The Balaban J connectivity index is 0.948. The van der Waals surface area contributed by atoms with Gasteiger partial charge < -0.3 is 29.1 Å². The fraction of sp³-hybridized carbons (Fsp3) is 0. The topological polar surface area (TPSA) is 31.4 Å². The van der Waals surface area contributed by atoms with Gasteiger partial charge in [-0.25, -0.2) is 0 Å². The minimum Gasteiger partial charge on any atom is -0.457 e. The summed E-state index contributed by atoms with van der Waals surface area (Å²) in [4.78, 5) is 9.60. The summed E-state index contributed by atoms with van der Waals surface area (Å²) in [6.45, 7) is -0.577. The Hall–Kier alpha value is -12.3. The van der Waals surface area contributed by atoms with E-state index in [4.69, 9.17) is 9.47 Å². The second kappa shape index (κ2) is 21.7. The van der Waals surface area contributed by atoms with Crippen LogP contribution in [0.15, 0.2) is 340 Å². The van der Waals surface area contributed by atoms with Crippen molar-refractivity contribution in [2.45, 2.75) is 0 Å². The summed E-state index contributed by atoms with van der Waals surface area (Å²) in [7, 11) is 0. The summed E-state index contributed by atoms with van der Waals surface area (Å²) in [5.41, 5.74) is 23.3. The lowest BCUT2D eigenvalue weighted by Crippen LogP contribution is -2.63. The summed E-state index contributed by atoms with van der Waals surface area (Å²) < 4.78 is 16.3. The summed E-state index contributed by atoms with van der Waals surface area (Å²) in [6.07, 6.45) is 0. The van der Waals surface area contributed by atoms with Crippen molar-refractivity contribution in [1.82, 2.24) is 0 Å². The second-order valence-corrected chi connectivity index (χ2v) is 24.6. The molecular weight excluding hydrogens is 1140 g/mol. The van der Waals surface area contributed by atoms with Crippen LogP contribution >= 0.6 is 0 Å². The number of benzene rings is 15. The van der Waals surface area contributed by atoms with Gasteiger partial charge in [0.1, 0.15) is 23.0 Å². The Kier molecular flexibility index (Phi) is 12.4. The van der Waals surface area contributed by atoms with Crippen LogP contribution in [-0.2, 0) is 0 Å². The number of hydrogen-bond donors (Lipinski definition) is 0. The summed E-state index contributed by atoms with van der Waals surface area (Å²) in [6, 6.07) is 123. The molecule has 0 saturated heterocycles. The molecule has 0 amide bonds. The van der Waals surface area contributed by atoms with E-state index in [1.54, 1.807) is 0 Å². The molecule has 0 bridgehead atoms. The Morgan fingerprint density at radius 2 is 0.596 bits per heavy atom. The molecule has 0 aromatic heterocycles. The van der Waals surface area contributed by atoms with E-state index in [2.05, 4.69) is 359 Å². The van der Waals surface area contributed by atoms with Gasteiger partial charge in [-0.1, -0.05) is 224 Å². The molecule has 15 aromatic rings. The number of hydrogen-bond acceptors (Lipinski definition) is 6. The quantitative estimate of drug-likeness (QED) is 0.100. The molecule has 19 rings (SSSR count). The molecule has 0 fully saturated rings. The molecule has 94 heavy (non-hydrogen) atoms. The highest BCUT2D eigenvalue weighted by atomic mass is 16.5. The maximum atomic E-state index is 8.17. The largest absolute Gasteiger partial charge is 0.457 e. The lowest BCUT2D eigenvalue weighted by Gasteiger charge is -2.43. The van der Waals surface area contributed by atoms with Gasteiger partial charge in [0.05, 0.1) is 16.9 Å². The SMILES string of the molecule is c1ccc(N(c2ccccc2)c2cc3c4c(c2)N(c2ccccc2)c2ccccc2B4c2cc4c(c(-c5ccccc5-c5c6ccccc6cc6ccccc56)c2O3)Oc2cc(N(c3ccccc3)c3ccccc3)cc3c2B4c2ccccc2N3c2ccccc2)cc1. The van der Waals surface area contributed by atoms with Crippen LogP contribution in [0.3, 0.4) is 0 Å². The molecule has 0 saturated carbocycles. The second-order valence-electron chi connectivity index (χ2n) is 24.6. The van der Waals surface area contributed by atoms with Crippen LogP contribution in [0.5, 0.6) is 23.0 Å². The molecule has 8 heteroatoms. The number of anilines is 12. The van der Waals surface area contributed by atoms with Crippen LogP contribution in [0.4, 0.5) is 68.2 Å². The van der Waals surface area contributed by atoms with Crippen LogP contribution in [0, 0.1) is 0 Å². The smallest absolute Gasteiger partial charge is 0.256 e. The Morgan fingerprint density at radius 1 is 0.255 bits per heavy atom. The van der Waals surface area contributed by atoms with Crippen LogP contribution in [0.1, 0.15) is 0 Å². The predicted octanol–water partition coefficient (Wildman–Crippen LogP) is 19.1. The van der Waals surface area contributed by atoms with E-state index in [0.29, 0.717) is 0 Å². The van der Waals surface area contributed by atoms with Gasteiger partial charge >= 0.3 is 0 Å². The zero-order valence-corrected chi connectivity index (χ0v) is 51.1. The van der Waals surface area contributed by atoms with Gasteiger partial charge in [-0.05, 0) is 174 Å². The third-order valence-corrected chi connectivity index (χ3v) is 19.4. The lowest BCUT2D eigenvalue weighted by atomic mass is 9.30. The number of nitrogens with zero attached hydrogens (tertiary/aromatic N) is 4. The van der Waals surface area contributed by atoms with E-state index in [0.717, 1.165) is 135 Å². The van der Waals surface area contributed by atoms with Crippen LogP contribution in [0.2, 0.25) is 0 Å². The molecule has 6 nitrogen and oxygen atoms in total. The van der Waals surface area contributed by atoms with Crippen molar-refractivity contribution < 1.29 is 9.47 Å². The van der Waals surface area contributed by atoms with Crippen molar-refractivity contribution in [3.8, 4) is 45.3 Å². The Morgan fingerprint density at radius 3 is 1.01 bits per heavy atom. The minimum absolute atomic E-state index is 0.288. The molecule has 4 aliphatic heterocycles. The van der Waals surface area contributed by atoms with Gasteiger partial charge in [0.25, 0.3) is 13.4 Å². The maximum Gasteiger partial charge on any atom is 0.256 e. The molecule has 0 radical (unpaired) electrons. The molecule has 0 aliphatic carbocycles. The molecule has 0 N–H and O–H groups in total. The average molecular weight is 1200 g/mol. The first-order valence-electron chi connectivity index (χ1n) is 32.3. The number of para-hydroxylation sites is 8. The highest BCUT2D eigenvalue weighted by Gasteiger charge is 2.49. The zero-order valence-electron chi connectivity index (χ0n) is 51.1. The lowest BCUT2D eigenvalue weighted by molar-refractivity contribution is 0.469. The fourth-order valence-electron chi connectivity index (χ4n) is 15.6. The third-order valence-electron chi connectivity index (χ3n) is 19.4. The molecule has 4 aliphatic rings. The Labute approximate surface area is 546 Å². The van der Waals surface area contributed by atoms with Crippen LogP contribution in [0.25, 0.3) is 43.8 Å². The summed E-state index contributed by atoms with van der Waals surface area (Å²) in [5.74, 6) is 3.07. The molecule has 0 atom stereocenters. The summed E-state index contributed by atoms with van der Waals surface area (Å²) >= 11 is 0. The van der Waals surface area contributed by atoms with E-state index < -0.39 is 0 Å². The first-order chi connectivity index (χ1) is 46.7. The molecule has 4 heterocycles. The van der Waals surface area contributed by atoms with Crippen LogP contribution < -0.4 is 61.9 Å². The van der Waals surface area contributed by atoms with E-state index in [1.807, 2.05) is 0 Å². The van der Waals surface area contributed by atoms with Gasteiger partial charge in [0, 0.05) is 69.0 Å². The summed E-state index contributed by atoms with van der Waals surface area (Å²) in [5, 5.41) is 4.68. The van der Waals surface area contributed by atoms with Crippen molar-refractivity contribution >= 4 is 136 Å². The molecule has 0 spiro atoms. The van der Waals surface area contributed by atoms with Crippen molar-refractivity contribution in [2.75, 3.05) is 19.6 Å². The van der Waals surface area contributed by atoms with Crippen molar-refractivity contribution in [1.29, 1.82) is 0 Å². The normalized spacial score (nSPS) is 12.8. The minimum atomic E-state index is -0.288. The van der Waals surface area contributed by atoms with Crippen molar-refractivity contribution in [3.05, 3.63) is 340 Å². The predicted molar refractivity (Wildman–Crippen MR) is 393 cm³/mol.